The molecule has 0 fully saturated rings. The van der Waals surface area contributed by atoms with Crippen molar-refractivity contribution in [3.05, 3.63) is 11.6 Å². The van der Waals surface area contributed by atoms with Crippen molar-refractivity contribution >= 4 is 17.5 Å². The van der Waals surface area contributed by atoms with Crippen molar-refractivity contribution in [2.45, 2.75) is 0 Å². The molecule has 7 nitrogen and oxygen atoms in total. The van der Waals surface area contributed by atoms with Crippen molar-refractivity contribution in [3.63, 3.8) is 0 Å². The van der Waals surface area contributed by atoms with E-state index < -0.39 is 46.1 Å². The molecule has 16 heavy (non-hydrogen) atoms. The van der Waals surface area contributed by atoms with Crippen LogP contribution >= 0.6 is 0 Å². The summed E-state index contributed by atoms with van der Waals surface area (Å²) in [6.07, 6.45) is 0. The minimum absolute atomic E-state index is 0.470. The van der Waals surface area contributed by atoms with Gasteiger partial charge in [-0.15, -0.1) is 0 Å². The minimum atomic E-state index is -1.45. The number of rotatable bonds is 0. The number of fused-ring (bicyclic) bond motifs is 1. The first-order valence-electron chi connectivity index (χ1n) is 4.02. The molecular weight excluding hydrogens is 220 g/mol. The van der Waals surface area contributed by atoms with Crippen molar-refractivity contribution in [1.29, 1.82) is 0 Å². The highest BCUT2D eigenvalue weighted by Gasteiger charge is 2.38. The number of carbonyl (C=O) groups is 3. The van der Waals surface area contributed by atoms with Gasteiger partial charge >= 0.3 is 11.8 Å². The van der Waals surface area contributed by atoms with Gasteiger partial charge in [-0.05, 0) is 0 Å². The molecule has 0 unspecified atom stereocenters. The van der Waals surface area contributed by atoms with Gasteiger partial charge in [0.1, 0.15) is 11.3 Å². The number of hydrogen-bond acceptors (Lipinski definition) is 7. The average Bonchev–Trinajstić information content (AvgIpc) is 2.23. The lowest BCUT2D eigenvalue weighted by atomic mass is 10.0. The minimum Gasteiger partial charge on any atom is -0.504 e. The largest absolute Gasteiger partial charge is 0.504 e. The van der Waals surface area contributed by atoms with E-state index in [9.17, 15) is 19.5 Å². The first-order valence-corrected chi connectivity index (χ1v) is 4.02. The summed E-state index contributed by atoms with van der Waals surface area (Å²) in [6, 6.07) is 0.757. The van der Waals surface area contributed by atoms with Crippen molar-refractivity contribution in [2.75, 3.05) is 0 Å². The van der Waals surface area contributed by atoms with Crippen LogP contribution in [0.1, 0.15) is 10.4 Å². The molecule has 0 radical (unpaired) electrons. The van der Waals surface area contributed by atoms with Crippen LogP contribution in [-0.4, -0.2) is 32.9 Å². The van der Waals surface area contributed by atoms with E-state index in [0.29, 0.717) is 0 Å². The normalized spacial score (nSPS) is 14.6. The lowest BCUT2D eigenvalue weighted by Gasteiger charge is -2.15. The van der Waals surface area contributed by atoms with Gasteiger partial charge in [0.2, 0.25) is 11.5 Å². The number of Topliss-reactive ketones (excluding diaryl/α,β-unsaturated/α-hetero) is 2. The van der Waals surface area contributed by atoms with Crippen LogP contribution in [0.25, 0.3) is 0 Å². The van der Waals surface area contributed by atoms with Crippen LogP contribution in [0.3, 0.4) is 0 Å². The van der Waals surface area contributed by atoms with Gasteiger partial charge < -0.3 is 20.1 Å². The Bertz CT molecular complexity index is 543. The Balaban J connectivity index is 2.77. The zero-order valence-electron chi connectivity index (χ0n) is 7.55. The number of hydrogen-bond donors (Lipinski definition) is 3. The molecule has 82 valence electrons. The fraction of sp³-hybridized carbons (Fsp3) is 0. The maximum atomic E-state index is 11.3. The highest BCUT2D eigenvalue weighted by molar-refractivity contribution is 6.67. The average molecular weight is 224 g/mol. The molecule has 1 heterocycles. The highest BCUT2D eigenvalue weighted by atomic mass is 16.5. The van der Waals surface area contributed by atoms with Crippen molar-refractivity contribution in [2.24, 2.45) is 0 Å². The van der Waals surface area contributed by atoms with E-state index in [2.05, 4.69) is 4.74 Å². The second kappa shape index (κ2) is 2.96. The summed E-state index contributed by atoms with van der Waals surface area (Å²) >= 11 is 0. The van der Waals surface area contributed by atoms with Crippen LogP contribution in [0.2, 0.25) is 0 Å². The standard InChI is InChI=1S/C9H4O7/c10-2-1-3-4(6(12)5(2)11)7(13)8(14)9(15)16-3/h1,10-12H. The first-order chi connectivity index (χ1) is 7.43. The van der Waals surface area contributed by atoms with E-state index in [-0.39, 0.29) is 0 Å². The maximum Gasteiger partial charge on any atom is 0.388 e. The summed E-state index contributed by atoms with van der Waals surface area (Å²) < 4.78 is 4.39. The summed E-state index contributed by atoms with van der Waals surface area (Å²) in [5, 5.41) is 27.5. The van der Waals surface area contributed by atoms with Crippen LogP contribution < -0.4 is 4.74 Å². The van der Waals surface area contributed by atoms with E-state index in [1.165, 1.54) is 0 Å². The Morgan fingerprint density at radius 2 is 1.56 bits per heavy atom. The number of phenols is 3. The first kappa shape index (κ1) is 9.97. The molecule has 0 bridgehead atoms. The number of benzene rings is 1. The maximum absolute atomic E-state index is 11.3. The van der Waals surface area contributed by atoms with Gasteiger partial charge in [0, 0.05) is 6.07 Å². The van der Waals surface area contributed by atoms with Gasteiger partial charge in [-0.3, -0.25) is 9.59 Å². The van der Waals surface area contributed by atoms with Gasteiger partial charge in [-0.1, -0.05) is 0 Å². The van der Waals surface area contributed by atoms with E-state index in [4.69, 9.17) is 10.2 Å². The van der Waals surface area contributed by atoms with Crippen LogP contribution in [0.15, 0.2) is 6.07 Å². The van der Waals surface area contributed by atoms with E-state index in [1.54, 1.807) is 0 Å². The fourth-order valence-electron chi connectivity index (χ4n) is 1.27. The predicted molar refractivity (Wildman–Crippen MR) is 46.4 cm³/mol. The second-order valence-electron chi connectivity index (χ2n) is 3.01. The van der Waals surface area contributed by atoms with E-state index in [0.717, 1.165) is 6.07 Å². The smallest absolute Gasteiger partial charge is 0.388 e. The molecule has 0 aromatic heterocycles. The molecule has 0 spiro atoms. The van der Waals surface area contributed by atoms with Crippen molar-refractivity contribution in [3.8, 4) is 23.0 Å². The molecule has 0 amide bonds. The van der Waals surface area contributed by atoms with Crippen LogP contribution in [0.4, 0.5) is 0 Å². The molecule has 3 N–H and O–H groups in total. The molecule has 0 saturated carbocycles. The summed E-state index contributed by atoms with van der Waals surface area (Å²) in [6.45, 7) is 0. The Labute approximate surface area is 87.5 Å². The van der Waals surface area contributed by atoms with Crippen molar-refractivity contribution in [1.82, 2.24) is 0 Å². The summed E-state index contributed by atoms with van der Waals surface area (Å²) in [4.78, 5) is 33.1. The Morgan fingerprint density at radius 3 is 2.19 bits per heavy atom. The highest BCUT2D eigenvalue weighted by Crippen LogP contribution is 2.44. The third-order valence-electron chi connectivity index (χ3n) is 2.04. The number of aromatic hydroxyl groups is 3. The molecule has 0 aliphatic carbocycles. The number of ether oxygens (including phenoxy) is 1. The van der Waals surface area contributed by atoms with E-state index in [1.807, 2.05) is 0 Å². The molecule has 1 aliphatic rings. The quantitative estimate of drug-likeness (QED) is 0.234. The van der Waals surface area contributed by atoms with Crippen LogP contribution in [-0.2, 0) is 9.59 Å². The molecule has 1 aromatic carbocycles. The molecule has 7 heteroatoms. The predicted octanol–water partition coefficient (Wildman–Crippen LogP) is -0.526. The molecular formula is C9H4O7. The van der Waals surface area contributed by atoms with Crippen LogP contribution in [0, 0.1) is 0 Å². The van der Waals surface area contributed by atoms with Crippen molar-refractivity contribution < 1.29 is 34.4 Å². The fourth-order valence-corrected chi connectivity index (χ4v) is 1.27. The molecule has 0 atom stereocenters. The summed E-state index contributed by atoms with van der Waals surface area (Å²) in [5.74, 6) is -7.35. The molecule has 0 saturated heterocycles. The number of ketones is 2. The van der Waals surface area contributed by atoms with Crippen LogP contribution in [0.5, 0.6) is 23.0 Å². The second-order valence-corrected chi connectivity index (χ2v) is 3.01. The zero-order chi connectivity index (χ0) is 12.0. The lowest BCUT2D eigenvalue weighted by molar-refractivity contribution is -0.145. The van der Waals surface area contributed by atoms with Gasteiger partial charge in [-0.25, -0.2) is 4.79 Å². The van der Waals surface area contributed by atoms with Gasteiger partial charge in [0.05, 0.1) is 0 Å². The van der Waals surface area contributed by atoms with Gasteiger partial charge in [0.15, 0.2) is 11.5 Å². The summed E-state index contributed by atoms with van der Waals surface area (Å²) in [7, 11) is 0. The van der Waals surface area contributed by atoms with Gasteiger partial charge in [0.25, 0.3) is 0 Å². The molecule has 2 rings (SSSR count). The number of phenolic OH excluding ortho intramolecular Hbond substituents is 3. The van der Waals surface area contributed by atoms with E-state index >= 15 is 0 Å². The number of carbonyl (C=O) groups excluding carboxylic acids is 3. The Hall–Kier alpha value is -2.57. The zero-order valence-corrected chi connectivity index (χ0v) is 7.55. The lowest BCUT2D eigenvalue weighted by Crippen LogP contribution is -2.33. The topological polar surface area (TPSA) is 121 Å². The van der Waals surface area contributed by atoms with Gasteiger partial charge in [-0.2, -0.15) is 0 Å². The SMILES string of the molecule is O=C1Oc2cc(O)c(O)c(O)c2C(=O)C1=O. The molecule has 1 aliphatic heterocycles. The Morgan fingerprint density at radius 1 is 0.938 bits per heavy atom. The third kappa shape index (κ3) is 1.11. The summed E-state index contributed by atoms with van der Waals surface area (Å²) in [5.41, 5.74) is -0.639. The molecule has 1 aromatic rings. The Kier molecular flexibility index (Phi) is 1.84. The number of esters is 1. The third-order valence-corrected chi connectivity index (χ3v) is 2.04. The monoisotopic (exact) mass is 224 g/mol.